The van der Waals surface area contributed by atoms with Crippen molar-refractivity contribution in [3.63, 3.8) is 0 Å². The van der Waals surface area contributed by atoms with Crippen molar-refractivity contribution in [2.75, 3.05) is 19.6 Å². The maximum Gasteiger partial charge on any atom is 0.244 e. The predicted molar refractivity (Wildman–Crippen MR) is 74.9 cm³/mol. The predicted octanol–water partition coefficient (Wildman–Crippen LogP) is 1.03. The number of aromatic nitrogens is 1. The number of likely N-dealkylation sites (tertiary alicyclic amines) is 1. The van der Waals surface area contributed by atoms with Gasteiger partial charge in [-0.15, -0.1) is 0 Å². The van der Waals surface area contributed by atoms with E-state index in [1.165, 1.54) is 12.3 Å². The summed E-state index contributed by atoms with van der Waals surface area (Å²) in [7, 11) is -3.82. The lowest BCUT2D eigenvalue weighted by Crippen LogP contribution is -2.42. The van der Waals surface area contributed by atoms with Crippen molar-refractivity contribution < 1.29 is 13.2 Å². The second-order valence-corrected chi connectivity index (χ2v) is 6.71. The minimum absolute atomic E-state index is 0.0814. The molecule has 110 valence electrons. The van der Waals surface area contributed by atoms with E-state index in [-0.39, 0.29) is 22.4 Å². The summed E-state index contributed by atoms with van der Waals surface area (Å²) in [6, 6.07) is 1.39. The third kappa shape index (κ3) is 3.68. The number of pyridine rings is 1. The number of halogens is 1. The number of hydrogen-bond acceptors (Lipinski definition) is 4. The maximum atomic E-state index is 12.0. The summed E-state index contributed by atoms with van der Waals surface area (Å²) in [5.41, 5.74) is 0. The number of carbonyl (C=O) groups excluding carboxylic acids is 1. The molecule has 1 aliphatic heterocycles. The lowest BCUT2D eigenvalue weighted by atomic mass is 10.1. The maximum absolute atomic E-state index is 12.0. The third-order valence-corrected chi connectivity index (χ3v) is 5.02. The Hall–Kier alpha value is -1.18. The van der Waals surface area contributed by atoms with E-state index < -0.39 is 10.0 Å². The zero-order valence-corrected chi connectivity index (χ0v) is 12.5. The van der Waals surface area contributed by atoms with Crippen LogP contribution in [0.1, 0.15) is 19.3 Å². The highest BCUT2D eigenvalue weighted by molar-refractivity contribution is 7.89. The first kappa shape index (κ1) is 15.2. The van der Waals surface area contributed by atoms with Gasteiger partial charge in [-0.05, 0) is 25.3 Å². The number of carbonyl (C=O) groups is 1. The fraction of sp³-hybridized carbons (Fsp3) is 0.500. The second kappa shape index (κ2) is 6.51. The average Bonchev–Trinajstić information content (AvgIpc) is 2.46. The molecule has 1 N–H and O–H groups in total. The molecule has 0 atom stereocenters. The molecule has 1 aliphatic rings. The summed E-state index contributed by atoms with van der Waals surface area (Å²) >= 11 is 5.82. The molecule has 1 saturated heterocycles. The van der Waals surface area contributed by atoms with Crippen molar-refractivity contribution in [2.24, 2.45) is 0 Å². The number of amides is 1. The molecular weight excluding hydrogens is 302 g/mol. The van der Waals surface area contributed by atoms with Crippen LogP contribution in [0.4, 0.5) is 0 Å². The minimum Gasteiger partial charge on any atom is -0.342 e. The van der Waals surface area contributed by atoms with E-state index in [1.807, 2.05) is 0 Å². The second-order valence-electron chi connectivity index (χ2n) is 4.57. The lowest BCUT2D eigenvalue weighted by Gasteiger charge is -2.26. The van der Waals surface area contributed by atoms with Crippen molar-refractivity contribution in [3.05, 3.63) is 23.5 Å². The summed E-state index contributed by atoms with van der Waals surface area (Å²) in [6.45, 7) is 1.12. The van der Waals surface area contributed by atoms with Gasteiger partial charge in [-0.2, -0.15) is 0 Å². The van der Waals surface area contributed by atoms with Gasteiger partial charge in [0.15, 0.2) is 0 Å². The van der Waals surface area contributed by atoms with Crippen LogP contribution >= 0.6 is 11.6 Å². The standard InChI is InChI=1S/C12H16ClN3O3S/c13-10-4-5-14-8-11(10)20(18,19)15-9-12(17)16-6-2-1-3-7-16/h4-5,8,15H,1-3,6-7,9H2. The molecule has 2 heterocycles. The van der Waals surface area contributed by atoms with Gasteiger partial charge in [0.1, 0.15) is 4.90 Å². The molecule has 0 spiro atoms. The number of nitrogens with zero attached hydrogens (tertiary/aromatic N) is 2. The Balaban J connectivity index is 1.99. The molecule has 0 aromatic carbocycles. The Morgan fingerprint density at radius 3 is 2.70 bits per heavy atom. The molecule has 0 unspecified atom stereocenters. The van der Waals surface area contributed by atoms with E-state index >= 15 is 0 Å². The quantitative estimate of drug-likeness (QED) is 0.899. The topological polar surface area (TPSA) is 79.4 Å². The number of hydrogen-bond donors (Lipinski definition) is 1. The van der Waals surface area contributed by atoms with E-state index in [4.69, 9.17) is 11.6 Å². The van der Waals surface area contributed by atoms with E-state index in [2.05, 4.69) is 9.71 Å². The summed E-state index contributed by atoms with van der Waals surface area (Å²) in [5.74, 6) is -0.215. The van der Waals surface area contributed by atoms with Crippen LogP contribution in [0.25, 0.3) is 0 Å². The molecule has 1 amide bonds. The highest BCUT2D eigenvalue weighted by Crippen LogP contribution is 2.18. The zero-order valence-electron chi connectivity index (χ0n) is 10.9. The zero-order chi connectivity index (χ0) is 14.6. The van der Waals surface area contributed by atoms with E-state index in [1.54, 1.807) is 4.90 Å². The van der Waals surface area contributed by atoms with Crippen molar-refractivity contribution in [1.82, 2.24) is 14.6 Å². The molecule has 0 bridgehead atoms. The van der Waals surface area contributed by atoms with Crippen LogP contribution in [-0.2, 0) is 14.8 Å². The van der Waals surface area contributed by atoms with Crippen molar-refractivity contribution >= 4 is 27.5 Å². The normalized spacial score (nSPS) is 16.1. The van der Waals surface area contributed by atoms with E-state index in [0.717, 1.165) is 25.5 Å². The van der Waals surface area contributed by atoms with Crippen LogP contribution in [0.15, 0.2) is 23.4 Å². The molecule has 20 heavy (non-hydrogen) atoms. The molecule has 8 heteroatoms. The lowest BCUT2D eigenvalue weighted by molar-refractivity contribution is -0.130. The average molecular weight is 318 g/mol. The number of nitrogens with one attached hydrogen (secondary N) is 1. The largest absolute Gasteiger partial charge is 0.342 e. The highest BCUT2D eigenvalue weighted by atomic mass is 35.5. The van der Waals surface area contributed by atoms with Crippen LogP contribution in [0, 0.1) is 0 Å². The molecule has 0 aliphatic carbocycles. The van der Waals surface area contributed by atoms with Crippen molar-refractivity contribution in [2.45, 2.75) is 24.2 Å². The molecule has 0 radical (unpaired) electrons. The Labute approximate surface area is 123 Å². The van der Waals surface area contributed by atoms with Gasteiger partial charge in [0.25, 0.3) is 0 Å². The number of sulfonamides is 1. The van der Waals surface area contributed by atoms with Gasteiger partial charge < -0.3 is 4.90 Å². The summed E-state index contributed by atoms with van der Waals surface area (Å²) in [5, 5.41) is 0.0814. The molecule has 0 saturated carbocycles. The monoisotopic (exact) mass is 317 g/mol. The molecule has 1 aromatic rings. The molecule has 6 nitrogen and oxygen atoms in total. The third-order valence-electron chi connectivity index (χ3n) is 3.15. The summed E-state index contributed by atoms with van der Waals surface area (Å²) in [4.78, 5) is 17.2. The Morgan fingerprint density at radius 2 is 2.05 bits per heavy atom. The molecule has 1 aromatic heterocycles. The van der Waals surface area contributed by atoms with Gasteiger partial charge in [-0.3, -0.25) is 9.78 Å². The van der Waals surface area contributed by atoms with Gasteiger partial charge in [0, 0.05) is 25.5 Å². The fourth-order valence-electron chi connectivity index (χ4n) is 2.05. The first-order valence-corrected chi connectivity index (χ1v) is 8.24. The van der Waals surface area contributed by atoms with Gasteiger partial charge in [-0.1, -0.05) is 11.6 Å². The SMILES string of the molecule is O=C(CNS(=O)(=O)c1cnccc1Cl)N1CCCCC1. The van der Waals surface area contributed by atoms with Crippen LogP contribution in [-0.4, -0.2) is 43.8 Å². The highest BCUT2D eigenvalue weighted by Gasteiger charge is 2.22. The van der Waals surface area contributed by atoms with Gasteiger partial charge in [0.2, 0.25) is 15.9 Å². The van der Waals surface area contributed by atoms with Crippen LogP contribution in [0.2, 0.25) is 5.02 Å². The number of rotatable bonds is 4. The molecule has 2 rings (SSSR count). The molecule has 1 fully saturated rings. The van der Waals surface area contributed by atoms with Crippen molar-refractivity contribution in [1.29, 1.82) is 0 Å². The van der Waals surface area contributed by atoms with Gasteiger partial charge >= 0.3 is 0 Å². The Bertz CT molecular complexity index is 585. The molecular formula is C12H16ClN3O3S. The van der Waals surface area contributed by atoms with Crippen LogP contribution in [0.5, 0.6) is 0 Å². The fourth-order valence-corrected chi connectivity index (χ4v) is 3.45. The Kier molecular flexibility index (Phi) is 4.95. The van der Waals surface area contributed by atoms with Crippen molar-refractivity contribution in [3.8, 4) is 0 Å². The minimum atomic E-state index is -3.82. The van der Waals surface area contributed by atoms with Crippen LogP contribution in [0.3, 0.4) is 0 Å². The Morgan fingerprint density at radius 1 is 1.35 bits per heavy atom. The van der Waals surface area contributed by atoms with Crippen LogP contribution < -0.4 is 4.72 Å². The summed E-state index contributed by atoms with van der Waals surface area (Å²) < 4.78 is 26.3. The van der Waals surface area contributed by atoms with E-state index in [9.17, 15) is 13.2 Å². The van der Waals surface area contributed by atoms with Gasteiger partial charge in [0.05, 0.1) is 11.6 Å². The first-order chi connectivity index (χ1) is 9.50. The van der Waals surface area contributed by atoms with Gasteiger partial charge in [-0.25, -0.2) is 13.1 Å². The first-order valence-electron chi connectivity index (χ1n) is 6.37. The summed E-state index contributed by atoms with van der Waals surface area (Å²) in [6.07, 6.45) is 5.61. The van der Waals surface area contributed by atoms with E-state index in [0.29, 0.717) is 13.1 Å². The number of piperidine rings is 1. The smallest absolute Gasteiger partial charge is 0.244 e.